The number of hydrogen-bond acceptors (Lipinski definition) is 3. The maximum absolute atomic E-state index is 10.5. The van der Waals surface area contributed by atoms with Crippen LogP contribution in [0.2, 0.25) is 0 Å². The van der Waals surface area contributed by atoms with Gasteiger partial charge in [-0.05, 0) is 18.7 Å². The minimum atomic E-state index is -0.472. The van der Waals surface area contributed by atoms with Crippen molar-refractivity contribution in [1.82, 2.24) is 9.47 Å². The molecule has 3 aromatic rings. The smallest absolute Gasteiger partial charge is 0.0845 e. The van der Waals surface area contributed by atoms with Crippen LogP contribution in [0, 0.1) is 0 Å². The largest absolute Gasteiger partial charge is 0.395 e. The third kappa shape index (κ3) is 3.24. The van der Waals surface area contributed by atoms with Gasteiger partial charge in [-0.25, -0.2) is 0 Å². The van der Waals surface area contributed by atoms with Crippen molar-refractivity contribution in [3.8, 4) is 0 Å². The number of hydrogen-bond donors (Lipinski definition) is 2. The highest BCUT2D eigenvalue weighted by molar-refractivity contribution is 6.07. The number of aliphatic hydroxyl groups excluding tert-OH is 2. The lowest BCUT2D eigenvalue weighted by Gasteiger charge is -2.23. The van der Waals surface area contributed by atoms with E-state index in [1.165, 1.54) is 10.8 Å². The maximum Gasteiger partial charge on any atom is 0.0845 e. The Kier molecular flexibility index (Phi) is 4.96. The maximum atomic E-state index is 10.5. The van der Waals surface area contributed by atoms with Crippen LogP contribution in [0.4, 0.5) is 0 Å². The first-order chi connectivity index (χ1) is 11.2. The van der Waals surface area contributed by atoms with E-state index >= 15 is 0 Å². The van der Waals surface area contributed by atoms with E-state index in [2.05, 4.69) is 45.9 Å². The number of aliphatic hydroxyl groups is 2. The molecule has 4 nitrogen and oxygen atoms in total. The lowest BCUT2D eigenvalue weighted by molar-refractivity contribution is 0.0920. The molecule has 0 fully saturated rings. The topological polar surface area (TPSA) is 48.6 Å². The van der Waals surface area contributed by atoms with Crippen LogP contribution in [0.1, 0.15) is 6.92 Å². The van der Waals surface area contributed by atoms with Crippen molar-refractivity contribution in [1.29, 1.82) is 0 Å². The summed E-state index contributed by atoms with van der Waals surface area (Å²) in [6, 6.07) is 16.6. The molecule has 3 rings (SSSR count). The van der Waals surface area contributed by atoms with E-state index < -0.39 is 6.10 Å². The molecule has 0 bridgehead atoms. The molecule has 1 unspecified atom stereocenters. The summed E-state index contributed by atoms with van der Waals surface area (Å²) < 4.78 is 2.20. The van der Waals surface area contributed by atoms with Gasteiger partial charge in [0.1, 0.15) is 0 Å². The summed E-state index contributed by atoms with van der Waals surface area (Å²) in [5.74, 6) is 0. The third-order valence-corrected chi connectivity index (χ3v) is 4.41. The number of benzene rings is 2. The standard InChI is InChI=1S/C19H24N2O2/c1-2-20(11-12-22)13-15(23)14-21-18-9-5-3-7-16(18)17-8-4-6-10-19(17)21/h3-10,15,22-23H,2,11-14H2,1H3. The molecule has 0 saturated heterocycles. The van der Waals surface area contributed by atoms with Gasteiger partial charge in [-0.15, -0.1) is 0 Å². The van der Waals surface area contributed by atoms with Crippen molar-refractivity contribution in [2.75, 3.05) is 26.2 Å². The molecule has 0 amide bonds. The summed E-state index contributed by atoms with van der Waals surface area (Å²) in [5.41, 5.74) is 2.30. The average Bonchev–Trinajstić information content (AvgIpc) is 2.89. The molecule has 1 atom stereocenters. The van der Waals surface area contributed by atoms with E-state index in [0.29, 0.717) is 19.6 Å². The monoisotopic (exact) mass is 312 g/mol. The van der Waals surface area contributed by atoms with Gasteiger partial charge < -0.3 is 14.8 Å². The molecule has 1 heterocycles. The van der Waals surface area contributed by atoms with Crippen LogP contribution < -0.4 is 0 Å². The summed E-state index contributed by atoms with van der Waals surface area (Å²) in [7, 11) is 0. The van der Waals surface area contributed by atoms with E-state index in [9.17, 15) is 5.11 Å². The van der Waals surface area contributed by atoms with Crippen LogP contribution in [0.25, 0.3) is 21.8 Å². The van der Waals surface area contributed by atoms with Crippen LogP contribution in [-0.4, -0.2) is 52.0 Å². The van der Waals surface area contributed by atoms with E-state index in [-0.39, 0.29) is 6.61 Å². The van der Waals surface area contributed by atoms with Gasteiger partial charge in [0.25, 0.3) is 0 Å². The molecular formula is C19H24N2O2. The minimum Gasteiger partial charge on any atom is -0.395 e. The molecule has 122 valence electrons. The number of rotatable bonds is 7. The second-order valence-corrected chi connectivity index (χ2v) is 5.92. The van der Waals surface area contributed by atoms with Crippen LogP contribution in [-0.2, 0) is 6.54 Å². The molecule has 2 aromatic carbocycles. The van der Waals surface area contributed by atoms with Crippen molar-refractivity contribution in [2.45, 2.75) is 19.6 Å². The Hall–Kier alpha value is -1.88. The Morgan fingerprint density at radius 2 is 1.57 bits per heavy atom. The predicted molar refractivity (Wildman–Crippen MR) is 94.7 cm³/mol. The van der Waals surface area contributed by atoms with Crippen LogP contribution in [0.15, 0.2) is 48.5 Å². The third-order valence-electron chi connectivity index (χ3n) is 4.41. The molecule has 0 radical (unpaired) electrons. The molecule has 0 aliphatic rings. The Morgan fingerprint density at radius 1 is 1.00 bits per heavy atom. The fraction of sp³-hybridized carbons (Fsp3) is 0.368. The Bertz CT molecular complexity index is 728. The molecule has 23 heavy (non-hydrogen) atoms. The summed E-state index contributed by atoms with van der Waals surface area (Å²) in [4.78, 5) is 2.07. The fourth-order valence-electron chi connectivity index (χ4n) is 3.29. The van der Waals surface area contributed by atoms with Crippen LogP contribution in [0.3, 0.4) is 0 Å². The minimum absolute atomic E-state index is 0.121. The lowest BCUT2D eigenvalue weighted by atomic mass is 10.2. The first-order valence-electron chi connectivity index (χ1n) is 8.21. The molecule has 4 heteroatoms. The summed E-state index contributed by atoms with van der Waals surface area (Å²) >= 11 is 0. The number of aromatic nitrogens is 1. The van der Waals surface area contributed by atoms with Crippen molar-refractivity contribution in [2.24, 2.45) is 0 Å². The lowest BCUT2D eigenvalue weighted by Crippen LogP contribution is -2.36. The Morgan fingerprint density at radius 3 is 2.09 bits per heavy atom. The number of nitrogens with zero attached hydrogens (tertiary/aromatic N) is 2. The predicted octanol–water partition coefficient (Wildman–Crippen LogP) is 2.47. The Balaban J connectivity index is 1.92. The molecule has 2 N–H and O–H groups in total. The van der Waals surface area contributed by atoms with Crippen molar-refractivity contribution >= 4 is 21.8 Å². The highest BCUT2D eigenvalue weighted by atomic mass is 16.3. The summed E-state index contributed by atoms with van der Waals surface area (Å²) in [6.45, 7) is 4.71. The van der Waals surface area contributed by atoms with E-state index in [4.69, 9.17) is 5.11 Å². The second-order valence-electron chi connectivity index (χ2n) is 5.92. The average molecular weight is 312 g/mol. The number of fused-ring (bicyclic) bond motifs is 3. The molecule has 0 aliphatic heterocycles. The second kappa shape index (κ2) is 7.13. The first kappa shape index (κ1) is 16.0. The fourth-order valence-corrected chi connectivity index (χ4v) is 3.29. The van der Waals surface area contributed by atoms with E-state index in [1.807, 2.05) is 19.1 Å². The van der Waals surface area contributed by atoms with E-state index in [0.717, 1.165) is 17.6 Å². The molecule has 1 aromatic heterocycles. The normalized spacial score (nSPS) is 13.2. The number of likely N-dealkylation sites (N-methyl/N-ethyl adjacent to an activating group) is 1. The highest BCUT2D eigenvalue weighted by Gasteiger charge is 2.15. The SMILES string of the molecule is CCN(CCO)CC(O)Cn1c2ccccc2c2ccccc21. The van der Waals surface area contributed by atoms with Gasteiger partial charge in [0.15, 0.2) is 0 Å². The highest BCUT2D eigenvalue weighted by Crippen LogP contribution is 2.28. The summed E-state index contributed by atoms with van der Waals surface area (Å²) in [5, 5.41) is 22.1. The molecule has 0 aliphatic carbocycles. The van der Waals surface area contributed by atoms with Crippen molar-refractivity contribution < 1.29 is 10.2 Å². The van der Waals surface area contributed by atoms with Crippen LogP contribution in [0.5, 0.6) is 0 Å². The quantitative estimate of drug-likeness (QED) is 0.704. The van der Waals surface area contributed by atoms with Gasteiger partial charge in [0.2, 0.25) is 0 Å². The zero-order valence-corrected chi connectivity index (χ0v) is 13.5. The van der Waals surface area contributed by atoms with Gasteiger partial charge in [-0.1, -0.05) is 43.3 Å². The molecule has 0 spiro atoms. The first-order valence-corrected chi connectivity index (χ1v) is 8.21. The van der Waals surface area contributed by atoms with Gasteiger partial charge >= 0.3 is 0 Å². The molecule has 0 saturated carbocycles. The zero-order valence-electron chi connectivity index (χ0n) is 13.5. The summed E-state index contributed by atoms with van der Waals surface area (Å²) in [6.07, 6.45) is -0.472. The zero-order chi connectivity index (χ0) is 16.2. The van der Waals surface area contributed by atoms with Gasteiger partial charge in [-0.2, -0.15) is 0 Å². The molecular weight excluding hydrogens is 288 g/mol. The number of para-hydroxylation sites is 2. The van der Waals surface area contributed by atoms with Gasteiger partial charge in [-0.3, -0.25) is 4.90 Å². The van der Waals surface area contributed by atoms with Gasteiger partial charge in [0.05, 0.1) is 19.3 Å². The van der Waals surface area contributed by atoms with Crippen molar-refractivity contribution in [3.05, 3.63) is 48.5 Å². The van der Waals surface area contributed by atoms with E-state index in [1.54, 1.807) is 0 Å². The Labute approximate surface area is 136 Å². The van der Waals surface area contributed by atoms with Crippen LogP contribution >= 0.6 is 0 Å². The van der Waals surface area contributed by atoms with Gasteiger partial charge in [0, 0.05) is 34.9 Å². The van der Waals surface area contributed by atoms with Crippen molar-refractivity contribution in [3.63, 3.8) is 0 Å².